The molecule has 0 saturated carbocycles. The fourth-order valence-corrected chi connectivity index (χ4v) is 3.77. The summed E-state index contributed by atoms with van der Waals surface area (Å²) in [4.78, 5) is 13.8. The van der Waals surface area contributed by atoms with Gasteiger partial charge in [-0.15, -0.1) is 0 Å². The maximum absolute atomic E-state index is 13.4. The molecule has 5 heteroatoms. The molecule has 2 fully saturated rings. The Balaban J connectivity index is 1.88. The quantitative estimate of drug-likeness (QED) is 0.875. The Bertz CT molecular complexity index is 535. The van der Waals surface area contributed by atoms with Gasteiger partial charge in [-0.3, -0.25) is 4.79 Å². The summed E-state index contributed by atoms with van der Waals surface area (Å²) in [5.74, 6) is -0.982. The number of rotatable bonds is 2. The summed E-state index contributed by atoms with van der Waals surface area (Å²) >= 11 is 0. The van der Waals surface area contributed by atoms with E-state index in [1.165, 1.54) is 31.4 Å². The molecule has 2 aliphatic heterocycles. The second-order valence-electron chi connectivity index (χ2n) is 6.33. The Morgan fingerprint density at radius 3 is 2.86 bits per heavy atom. The number of amides is 1. The Hall–Kier alpha value is -1.62. The van der Waals surface area contributed by atoms with Gasteiger partial charge in [0, 0.05) is 30.7 Å². The number of anilines is 1. The average Bonchev–Trinajstić information content (AvgIpc) is 2.48. The first-order valence-electron chi connectivity index (χ1n) is 7.65. The van der Waals surface area contributed by atoms with Gasteiger partial charge in [0.2, 0.25) is 0 Å². The largest absolute Gasteiger partial charge is 0.370 e. The molecule has 3 N–H and O–H groups in total. The first-order chi connectivity index (χ1) is 10.1. The van der Waals surface area contributed by atoms with Crippen molar-refractivity contribution in [3.63, 3.8) is 0 Å². The van der Waals surface area contributed by atoms with Gasteiger partial charge in [0.15, 0.2) is 0 Å². The molecule has 4 nitrogen and oxygen atoms in total. The molecule has 1 unspecified atom stereocenters. The number of hydrogen-bond donors (Lipinski definition) is 2. The van der Waals surface area contributed by atoms with Crippen LogP contribution in [-0.2, 0) is 0 Å². The van der Waals surface area contributed by atoms with Gasteiger partial charge in [0.1, 0.15) is 5.82 Å². The molecule has 1 amide bonds. The van der Waals surface area contributed by atoms with Gasteiger partial charge in [-0.1, -0.05) is 0 Å². The molecular weight excluding hydrogens is 269 g/mol. The summed E-state index contributed by atoms with van der Waals surface area (Å²) in [5, 5.41) is 3.49. The van der Waals surface area contributed by atoms with Crippen LogP contribution >= 0.6 is 0 Å². The second kappa shape index (κ2) is 5.64. The van der Waals surface area contributed by atoms with Gasteiger partial charge in [-0.2, -0.15) is 0 Å². The van der Waals surface area contributed by atoms with Crippen molar-refractivity contribution < 1.29 is 9.18 Å². The molecule has 2 saturated heterocycles. The highest BCUT2D eigenvalue weighted by Crippen LogP contribution is 2.38. The molecule has 0 aliphatic carbocycles. The summed E-state index contributed by atoms with van der Waals surface area (Å²) < 4.78 is 13.4. The smallest absolute Gasteiger partial charge is 0.250 e. The van der Waals surface area contributed by atoms with Crippen molar-refractivity contribution in [3.05, 3.63) is 29.6 Å². The van der Waals surface area contributed by atoms with Crippen LogP contribution in [0.1, 0.15) is 36.0 Å². The van der Waals surface area contributed by atoms with Gasteiger partial charge in [-0.05, 0) is 50.4 Å². The van der Waals surface area contributed by atoms with Crippen molar-refractivity contribution in [1.29, 1.82) is 0 Å². The van der Waals surface area contributed by atoms with E-state index in [9.17, 15) is 9.18 Å². The Morgan fingerprint density at radius 1 is 1.33 bits per heavy atom. The molecule has 1 aromatic carbocycles. The lowest BCUT2D eigenvalue weighted by Crippen LogP contribution is -2.51. The minimum atomic E-state index is -0.564. The third-order valence-electron chi connectivity index (χ3n) is 4.79. The van der Waals surface area contributed by atoms with Crippen LogP contribution in [0, 0.1) is 11.2 Å². The van der Waals surface area contributed by atoms with Crippen molar-refractivity contribution in [2.45, 2.75) is 25.7 Å². The van der Waals surface area contributed by atoms with Crippen LogP contribution in [0.3, 0.4) is 0 Å². The van der Waals surface area contributed by atoms with E-state index in [-0.39, 0.29) is 11.0 Å². The fourth-order valence-electron chi connectivity index (χ4n) is 3.77. The molecule has 2 aliphatic rings. The zero-order chi connectivity index (χ0) is 14.9. The van der Waals surface area contributed by atoms with Gasteiger partial charge in [0.25, 0.3) is 5.91 Å². The van der Waals surface area contributed by atoms with Crippen molar-refractivity contribution >= 4 is 11.6 Å². The van der Waals surface area contributed by atoms with Crippen LogP contribution in [0.15, 0.2) is 18.2 Å². The molecule has 1 atom stereocenters. The number of benzene rings is 1. The number of piperidine rings is 2. The third kappa shape index (κ3) is 2.88. The number of halogens is 1. The molecule has 1 aromatic rings. The molecule has 0 bridgehead atoms. The second-order valence-corrected chi connectivity index (χ2v) is 6.33. The first kappa shape index (κ1) is 14.3. The minimum Gasteiger partial charge on any atom is -0.370 e. The lowest BCUT2D eigenvalue weighted by molar-refractivity contribution is 0.0999. The van der Waals surface area contributed by atoms with Crippen molar-refractivity contribution in [2.24, 2.45) is 11.1 Å². The minimum absolute atomic E-state index is 0.278. The van der Waals surface area contributed by atoms with E-state index in [1.807, 2.05) is 0 Å². The van der Waals surface area contributed by atoms with Gasteiger partial charge >= 0.3 is 0 Å². The third-order valence-corrected chi connectivity index (χ3v) is 4.79. The predicted octanol–water partition coefficient (Wildman–Crippen LogP) is 1.89. The molecule has 0 aromatic heterocycles. The van der Waals surface area contributed by atoms with Crippen LogP contribution in [-0.4, -0.2) is 32.1 Å². The summed E-state index contributed by atoms with van der Waals surface area (Å²) in [6, 6.07) is 4.34. The zero-order valence-electron chi connectivity index (χ0n) is 12.2. The topological polar surface area (TPSA) is 58.4 Å². The number of carbonyl (C=O) groups is 1. The maximum atomic E-state index is 13.4. The Kier molecular flexibility index (Phi) is 3.85. The van der Waals surface area contributed by atoms with Crippen molar-refractivity contribution in [1.82, 2.24) is 5.32 Å². The van der Waals surface area contributed by atoms with Crippen LogP contribution in [0.5, 0.6) is 0 Å². The molecule has 21 heavy (non-hydrogen) atoms. The van der Waals surface area contributed by atoms with Crippen LogP contribution in [0.2, 0.25) is 0 Å². The number of primary amides is 1. The molecule has 0 radical (unpaired) electrons. The SMILES string of the molecule is NC(=O)c1cc(F)ccc1N1CCCC2(CCCNC2)C1. The molecule has 2 heterocycles. The number of nitrogens with two attached hydrogens (primary N) is 1. The van der Waals surface area contributed by atoms with Crippen molar-refractivity contribution in [2.75, 3.05) is 31.1 Å². The zero-order valence-corrected chi connectivity index (χ0v) is 12.2. The highest BCUT2D eigenvalue weighted by Gasteiger charge is 2.37. The summed E-state index contributed by atoms with van der Waals surface area (Å²) in [7, 11) is 0. The van der Waals surface area contributed by atoms with Crippen molar-refractivity contribution in [3.8, 4) is 0 Å². The summed E-state index contributed by atoms with van der Waals surface area (Å²) in [5.41, 5.74) is 6.75. The predicted molar refractivity (Wildman–Crippen MR) is 80.9 cm³/mol. The monoisotopic (exact) mass is 291 g/mol. The van der Waals surface area contributed by atoms with E-state index in [4.69, 9.17) is 5.73 Å². The normalized spacial score (nSPS) is 26.0. The van der Waals surface area contributed by atoms with Crippen LogP contribution in [0.4, 0.5) is 10.1 Å². The molecular formula is C16H22FN3O. The lowest BCUT2D eigenvalue weighted by atomic mass is 9.74. The van der Waals surface area contributed by atoms with E-state index < -0.39 is 11.7 Å². The molecule has 3 rings (SSSR count). The van der Waals surface area contributed by atoms with E-state index >= 15 is 0 Å². The summed E-state index contributed by atoms with van der Waals surface area (Å²) in [6.45, 7) is 3.92. The summed E-state index contributed by atoms with van der Waals surface area (Å²) in [6.07, 6.45) is 4.71. The maximum Gasteiger partial charge on any atom is 0.250 e. The first-order valence-corrected chi connectivity index (χ1v) is 7.65. The molecule has 1 spiro atoms. The fraction of sp³-hybridized carbons (Fsp3) is 0.562. The van der Waals surface area contributed by atoms with Gasteiger partial charge in [-0.25, -0.2) is 4.39 Å². The van der Waals surface area contributed by atoms with Crippen LogP contribution in [0.25, 0.3) is 0 Å². The van der Waals surface area contributed by atoms with Gasteiger partial charge < -0.3 is 16.0 Å². The van der Waals surface area contributed by atoms with E-state index in [2.05, 4.69) is 10.2 Å². The number of nitrogens with zero attached hydrogens (tertiary/aromatic N) is 1. The lowest BCUT2D eigenvalue weighted by Gasteiger charge is -2.46. The van der Waals surface area contributed by atoms with E-state index in [0.717, 1.165) is 38.3 Å². The Labute approximate surface area is 124 Å². The van der Waals surface area contributed by atoms with E-state index in [0.29, 0.717) is 0 Å². The van der Waals surface area contributed by atoms with Crippen LogP contribution < -0.4 is 16.0 Å². The Morgan fingerprint density at radius 2 is 2.14 bits per heavy atom. The van der Waals surface area contributed by atoms with Gasteiger partial charge in [0.05, 0.1) is 5.56 Å². The van der Waals surface area contributed by atoms with E-state index in [1.54, 1.807) is 6.07 Å². The number of hydrogen-bond acceptors (Lipinski definition) is 3. The number of carbonyl (C=O) groups excluding carboxylic acids is 1. The highest BCUT2D eigenvalue weighted by atomic mass is 19.1. The standard InChI is InChI=1S/C16H22FN3O/c17-12-3-4-14(13(9-12)15(18)21)20-8-2-6-16(11-20)5-1-7-19-10-16/h3-4,9,19H,1-2,5-8,10-11H2,(H2,18,21). The average molecular weight is 291 g/mol. The highest BCUT2D eigenvalue weighted by molar-refractivity contribution is 5.98. The molecule has 114 valence electrons. The number of nitrogens with one attached hydrogen (secondary N) is 1.